The topological polar surface area (TPSA) is 78.9 Å². The highest BCUT2D eigenvalue weighted by molar-refractivity contribution is 5.71. The molecular weight excluding hydrogens is 697 g/mol. The first kappa shape index (κ1) is 53.1. The van der Waals surface area contributed by atoms with Gasteiger partial charge in [-0.25, -0.2) is 0 Å². The molecule has 0 aromatic rings. The average Bonchev–Trinajstić information content (AvgIpc) is 3.19. The molecule has 0 saturated heterocycles. The summed E-state index contributed by atoms with van der Waals surface area (Å²) in [5.41, 5.74) is 0. The minimum absolute atomic E-state index is 0.0873. The molecular formula is C50H86O6. The number of carbonyl (C=O) groups is 3. The molecule has 6 nitrogen and oxygen atoms in total. The summed E-state index contributed by atoms with van der Waals surface area (Å²) in [5.74, 6) is -0.922. The Bertz CT molecular complexity index is 1040. The van der Waals surface area contributed by atoms with E-state index >= 15 is 0 Å². The van der Waals surface area contributed by atoms with Gasteiger partial charge in [-0.2, -0.15) is 0 Å². The lowest BCUT2D eigenvalue weighted by Crippen LogP contribution is -2.30. The molecule has 0 aromatic carbocycles. The molecule has 0 heterocycles. The number of ether oxygens (including phenoxy) is 3. The van der Waals surface area contributed by atoms with Gasteiger partial charge in [0, 0.05) is 19.3 Å². The highest BCUT2D eigenvalue weighted by atomic mass is 16.6. The van der Waals surface area contributed by atoms with Crippen LogP contribution in [0.3, 0.4) is 0 Å². The molecule has 0 N–H and O–H groups in total. The zero-order valence-electron chi connectivity index (χ0n) is 36.6. The van der Waals surface area contributed by atoms with Gasteiger partial charge in [0.2, 0.25) is 0 Å². The summed E-state index contributed by atoms with van der Waals surface area (Å²) in [7, 11) is 0. The number of hydrogen-bond acceptors (Lipinski definition) is 6. The Morgan fingerprint density at radius 3 is 1.09 bits per heavy atom. The molecule has 0 bridgehead atoms. The Morgan fingerprint density at radius 2 is 0.696 bits per heavy atom. The fourth-order valence-corrected chi connectivity index (χ4v) is 6.28. The Hall–Kier alpha value is -2.89. The van der Waals surface area contributed by atoms with Crippen molar-refractivity contribution in [3.8, 4) is 0 Å². The highest BCUT2D eigenvalue weighted by Crippen LogP contribution is 2.13. The van der Waals surface area contributed by atoms with Gasteiger partial charge >= 0.3 is 17.9 Å². The lowest BCUT2D eigenvalue weighted by atomic mass is 10.1. The van der Waals surface area contributed by atoms with Crippen LogP contribution in [-0.4, -0.2) is 37.2 Å². The lowest BCUT2D eigenvalue weighted by molar-refractivity contribution is -0.167. The standard InChI is InChI=1S/C50H86O6/c1-4-7-10-13-16-19-22-25-26-29-31-34-37-40-43-49(52)55-46-47(56-50(53)44-41-38-35-32-28-24-21-18-15-12-9-6-3)45-54-48(51)42-39-36-33-30-27-23-20-17-14-11-8-5-2/h7,9-10,12,16-21,47H,4-6,8,11,13-15,22-46H2,1-3H3/b10-7-,12-9-,19-16-,20-17-,21-18-. The number of hydrogen-bond donors (Lipinski definition) is 0. The molecule has 0 spiro atoms. The Labute approximate surface area is 345 Å². The van der Waals surface area contributed by atoms with Crippen LogP contribution in [0.15, 0.2) is 60.8 Å². The molecule has 0 aliphatic carbocycles. The van der Waals surface area contributed by atoms with Crippen molar-refractivity contribution < 1.29 is 28.6 Å². The quantitative estimate of drug-likeness (QED) is 0.0266. The normalized spacial score (nSPS) is 12.6. The van der Waals surface area contributed by atoms with Gasteiger partial charge in [0.25, 0.3) is 0 Å². The van der Waals surface area contributed by atoms with E-state index in [4.69, 9.17) is 14.2 Å². The van der Waals surface area contributed by atoms with Crippen LogP contribution in [0, 0.1) is 0 Å². The van der Waals surface area contributed by atoms with Crippen molar-refractivity contribution in [2.45, 2.75) is 226 Å². The van der Waals surface area contributed by atoms with Gasteiger partial charge in [0.05, 0.1) is 0 Å². The molecule has 0 aliphatic rings. The maximum Gasteiger partial charge on any atom is 0.306 e. The molecule has 1 unspecified atom stereocenters. The van der Waals surface area contributed by atoms with Crippen LogP contribution >= 0.6 is 0 Å². The zero-order chi connectivity index (χ0) is 40.8. The van der Waals surface area contributed by atoms with E-state index in [1.807, 2.05) is 0 Å². The van der Waals surface area contributed by atoms with E-state index in [0.717, 1.165) is 116 Å². The van der Waals surface area contributed by atoms with E-state index in [-0.39, 0.29) is 31.1 Å². The van der Waals surface area contributed by atoms with Gasteiger partial charge in [-0.05, 0) is 96.3 Å². The molecule has 0 rings (SSSR count). The van der Waals surface area contributed by atoms with Crippen LogP contribution in [-0.2, 0) is 28.6 Å². The van der Waals surface area contributed by atoms with Crippen LogP contribution in [0.2, 0.25) is 0 Å². The van der Waals surface area contributed by atoms with Crippen molar-refractivity contribution in [3.05, 3.63) is 60.8 Å². The van der Waals surface area contributed by atoms with Gasteiger partial charge in [0.1, 0.15) is 13.2 Å². The second-order valence-electron chi connectivity index (χ2n) is 15.2. The molecule has 0 fully saturated rings. The number of unbranched alkanes of at least 4 members (excludes halogenated alkanes) is 20. The largest absolute Gasteiger partial charge is 0.462 e. The third-order valence-electron chi connectivity index (χ3n) is 9.74. The summed E-state index contributed by atoms with van der Waals surface area (Å²) in [6, 6.07) is 0. The maximum absolute atomic E-state index is 12.7. The van der Waals surface area contributed by atoms with Crippen molar-refractivity contribution >= 4 is 17.9 Å². The van der Waals surface area contributed by atoms with Crippen molar-refractivity contribution in [2.75, 3.05) is 13.2 Å². The first-order chi connectivity index (χ1) is 27.5. The molecule has 0 aliphatic heterocycles. The summed E-state index contributed by atoms with van der Waals surface area (Å²) in [6.45, 7) is 6.36. The van der Waals surface area contributed by atoms with Gasteiger partial charge in [-0.15, -0.1) is 0 Å². The Balaban J connectivity index is 4.41. The monoisotopic (exact) mass is 783 g/mol. The van der Waals surface area contributed by atoms with Crippen molar-refractivity contribution in [2.24, 2.45) is 0 Å². The lowest BCUT2D eigenvalue weighted by Gasteiger charge is -2.18. The number of allylic oxidation sites excluding steroid dienone is 10. The molecule has 0 saturated carbocycles. The summed E-state index contributed by atoms with van der Waals surface area (Å²) in [5, 5.41) is 0. The van der Waals surface area contributed by atoms with E-state index in [0.29, 0.717) is 19.3 Å². The van der Waals surface area contributed by atoms with Crippen molar-refractivity contribution in [1.82, 2.24) is 0 Å². The maximum atomic E-state index is 12.7. The first-order valence-corrected chi connectivity index (χ1v) is 23.3. The fraction of sp³-hybridized carbons (Fsp3) is 0.740. The van der Waals surface area contributed by atoms with E-state index < -0.39 is 6.10 Å². The van der Waals surface area contributed by atoms with E-state index in [2.05, 4.69) is 81.5 Å². The number of esters is 3. The SMILES string of the molecule is CC/C=C\C/C=C\CCCCCCCCCC(=O)OCC(COC(=O)CCCCCCC/C=C\CCCCC)OC(=O)CCCCCCC/C=C\C/C=C\CC. The molecule has 322 valence electrons. The zero-order valence-corrected chi connectivity index (χ0v) is 36.6. The van der Waals surface area contributed by atoms with Crippen LogP contribution in [0.25, 0.3) is 0 Å². The smallest absolute Gasteiger partial charge is 0.306 e. The molecule has 6 heteroatoms. The molecule has 0 aromatic heterocycles. The predicted octanol–water partition coefficient (Wildman–Crippen LogP) is 14.9. The van der Waals surface area contributed by atoms with Crippen LogP contribution in [0.4, 0.5) is 0 Å². The molecule has 0 radical (unpaired) electrons. The molecule has 1 atom stereocenters. The summed E-state index contributed by atoms with van der Waals surface area (Å²) >= 11 is 0. The minimum Gasteiger partial charge on any atom is -0.462 e. The highest BCUT2D eigenvalue weighted by Gasteiger charge is 2.19. The van der Waals surface area contributed by atoms with Crippen molar-refractivity contribution in [1.29, 1.82) is 0 Å². The van der Waals surface area contributed by atoms with Crippen LogP contribution < -0.4 is 0 Å². The predicted molar refractivity (Wildman–Crippen MR) is 238 cm³/mol. The van der Waals surface area contributed by atoms with Gasteiger partial charge in [0.15, 0.2) is 6.10 Å². The summed E-state index contributed by atoms with van der Waals surface area (Å²) < 4.78 is 16.7. The van der Waals surface area contributed by atoms with Gasteiger partial charge in [-0.3, -0.25) is 14.4 Å². The Kier molecular flexibility index (Phi) is 42.5. The first-order valence-electron chi connectivity index (χ1n) is 23.3. The van der Waals surface area contributed by atoms with Gasteiger partial charge < -0.3 is 14.2 Å². The van der Waals surface area contributed by atoms with E-state index in [9.17, 15) is 14.4 Å². The fourth-order valence-electron chi connectivity index (χ4n) is 6.28. The number of carbonyl (C=O) groups excluding carboxylic acids is 3. The summed E-state index contributed by atoms with van der Waals surface area (Å²) in [4.78, 5) is 37.8. The third kappa shape index (κ3) is 42.3. The Morgan fingerprint density at radius 1 is 0.375 bits per heavy atom. The summed E-state index contributed by atoms with van der Waals surface area (Å²) in [6.07, 6.45) is 53.4. The second kappa shape index (κ2) is 44.8. The third-order valence-corrected chi connectivity index (χ3v) is 9.74. The van der Waals surface area contributed by atoms with Crippen molar-refractivity contribution in [3.63, 3.8) is 0 Å². The van der Waals surface area contributed by atoms with Gasteiger partial charge in [-0.1, -0.05) is 165 Å². The molecule has 0 amide bonds. The average molecular weight is 783 g/mol. The second-order valence-corrected chi connectivity index (χ2v) is 15.2. The van der Waals surface area contributed by atoms with E-state index in [1.54, 1.807) is 0 Å². The van der Waals surface area contributed by atoms with Crippen LogP contribution in [0.5, 0.6) is 0 Å². The molecule has 56 heavy (non-hydrogen) atoms. The van der Waals surface area contributed by atoms with E-state index in [1.165, 1.54) is 64.2 Å². The number of rotatable bonds is 41. The van der Waals surface area contributed by atoms with Crippen LogP contribution in [0.1, 0.15) is 220 Å². The minimum atomic E-state index is -0.785.